The lowest BCUT2D eigenvalue weighted by Gasteiger charge is -2.50. The Kier molecular flexibility index (Phi) is 8.79. The number of carbonyl (C=O) groups is 1. The van der Waals surface area contributed by atoms with E-state index in [1.165, 1.54) is 15.2 Å². The molecule has 1 N–H and O–H groups in total. The maximum absolute atomic E-state index is 14.2. The summed E-state index contributed by atoms with van der Waals surface area (Å²) in [5.74, 6) is -5.72. The number of halogens is 6. The van der Waals surface area contributed by atoms with E-state index in [0.29, 0.717) is 12.1 Å². The van der Waals surface area contributed by atoms with E-state index in [1.807, 2.05) is 4.90 Å². The molecular formula is C21H26Cl2F4N6O3S. The number of sulfonamides is 1. The Labute approximate surface area is 222 Å². The van der Waals surface area contributed by atoms with E-state index >= 15 is 0 Å². The van der Waals surface area contributed by atoms with Crippen LogP contribution in [0.1, 0.15) is 36.0 Å². The zero-order chi connectivity index (χ0) is 26.3. The summed E-state index contributed by atoms with van der Waals surface area (Å²) in [5, 5.41) is 9.24. The molecule has 1 aromatic heterocycles. The predicted molar refractivity (Wildman–Crippen MR) is 128 cm³/mol. The van der Waals surface area contributed by atoms with Gasteiger partial charge in [-0.2, -0.15) is 4.31 Å². The number of aromatic nitrogens is 3. The summed E-state index contributed by atoms with van der Waals surface area (Å²) in [6.45, 7) is 0.530. The molecular weight excluding hydrogens is 563 g/mol. The molecule has 1 saturated heterocycles. The van der Waals surface area contributed by atoms with E-state index in [4.69, 9.17) is 11.6 Å². The number of hydrogen-bond donors (Lipinski definition) is 1. The highest BCUT2D eigenvalue weighted by molar-refractivity contribution is 7.89. The van der Waals surface area contributed by atoms with Crippen LogP contribution in [0.2, 0.25) is 5.02 Å². The molecule has 1 amide bonds. The lowest BCUT2D eigenvalue weighted by molar-refractivity contribution is -0.0856. The summed E-state index contributed by atoms with van der Waals surface area (Å²) in [7, 11) is -2.33. The molecule has 9 nitrogen and oxygen atoms in total. The van der Waals surface area contributed by atoms with Gasteiger partial charge in [-0.1, -0.05) is 16.8 Å². The number of amides is 1. The molecule has 0 unspecified atom stereocenters. The van der Waals surface area contributed by atoms with Crippen LogP contribution in [0.3, 0.4) is 0 Å². The maximum Gasteiger partial charge on any atom is 0.264 e. The van der Waals surface area contributed by atoms with Crippen molar-refractivity contribution in [1.82, 2.24) is 29.5 Å². The van der Waals surface area contributed by atoms with Crippen molar-refractivity contribution < 1.29 is 30.8 Å². The molecule has 16 heteroatoms. The van der Waals surface area contributed by atoms with Crippen LogP contribution >= 0.6 is 24.0 Å². The van der Waals surface area contributed by atoms with Crippen molar-refractivity contribution in [3.63, 3.8) is 0 Å². The summed E-state index contributed by atoms with van der Waals surface area (Å²) >= 11 is 5.54. The first-order valence-corrected chi connectivity index (χ1v) is 13.1. The zero-order valence-corrected chi connectivity index (χ0v) is 22.2. The number of aryl methyl sites for hydroxylation is 1. The molecule has 2 fully saturated rings. The van der Waals surface area contributed by atoms with Crippen LogP contribution in [0.25, 0.3) is 0 Å². The van der Waals surface area contributed by atoms with Crippen LogP contribution in [-0.4, -0.2) is 82.7 Å². The molecule has 0 atom stereocenters. The molecule has 1 saturated carbocycles. The topological polar surface area (TPSA) is 100 Å². The summed E-state index contributed by atoms with van der Waals surface area (Å²) in [6, 6.07) is 1.38. The minimum absolute atomic E-state index is 0. The number of hydrogen-bond acceptors (Lipinski definition) is 6. The highest BCUT2D eigenvalue weighted by atomic mass is 35.5. The quantitative estimate of drug-likeness (QED) is 0.411. The van der Waals surface area contributed by atoms with Gasteiger partial charge < -0.3 is 5.32 Å². The van der Waals surface area contributed by atoms with Gasteiger partial charge in [-0.15, -0.1) is 17.5 Å². The first-order chi connectivity index (χ1) is 16.8. The minimum Gasteiger partial charge on any atom is -0.350 e. The second kappa shape index (κ2) is 11.0. The minimum atomic E-state index is -3.87. The molecule has 2 aromatic rings. The number of benzene rings is 1. The van der Waals surface area contributed by atoms with Gasteiger partial charge in [0.25, 0.3) is 15.9 Å². The third-order valence-corrected chi connectivity index (χ3v) is 8.89. The van der Waals surface area contributed by atoms with Crippen LogP contribution < -0.4 is 5.32 Å². The second-order valence-corrected chi connectivity index (χ2v) is 11.4. The number of piperazine rings is 1. The second-order valence-electron chi connectivity index (χ2n) is 9.13. The third kappa shape index (κ3) is 6.19. The highest BCUT2D eigenvalue weighted by Crippen LogP contribution is 2.42. The van der Waals surface area contributed by atoms with Crippen molar-refractivity contribution in [1.29, 1.82) is 0 Å². The molecule has 1 aliphatic heterocycles. The molecule has 0 bridgehead atoms. The predicted octanol–water partition coefficient (Wildman–Crippen LogP) is 2.85. The van der Waals surface area contributed by atoms with E-state index in [2.05, 4.69) is 15.6 Å². The van der Waals surface area contributed by atoms with Crippen molar-refractivity contribution in [2.45, 2.75) is 42.2 Å². The third-order valence-electron chi connectivity index (χ3n) is 6.84. The average molecular weight is 589 g/mol. The normalized spacial score (nSPS) is 20.3. The Balaban J connectivity index is 0.00000380. The Morgan fingerprint density at radius 2 is 1.70 bits per heavy atom. The lowest BCUT2D eigenvalue weighted by atomic mass is 9.78. The lowest BCUT2D eigenvalue weighted by Crippen LogP contribution is -2.63. The SMILES string of the molecule is Cl.Cn1cc(S(=O)(=O)N2CCN(C3(CNC(=O)c4cc(F)c(Cl)cc4F)CCC(F)(F)CC3)CC2)nn1. The van der Waals surface area contributed by atoms with Crippen molar-refractivity contribution in [2.75, 3.05) is 32.7 Å². The largest absolute Gasteiger partial charge is 0.350 e. The van der Waals surface area contributed by atoms with Crippen LogP contribution in [0, 0.1) is 11.6 Å². The molecule has 2 heterocycles. The van der Waals surface area contributed by atoms with Crippen LogP contribution in [-0.2, 0) is 17.1 Å². The maximum atomic E-state index is 14.2. The average Bonchev–Trinajstić information content (AvgIpc) is 3.28. The van der Waals surface area contributed by atoms with Gasteiger partial charge in [-0.05, 0) is 25.0 Å². The Morgan fingerprint density at radius 3 is 2.27 bits per heavy atom. The van der Waals surface area contributed by atoms with E-state index in [0.717, 1.165) is 0 Å². The number of rotatable bonds is 6. The number of nitrogens with one attached hydrogen (secondary N) is 1. The molecule has 1 aliphatic carbocycles. The van der Waals surface area contributed by atoms with Crippen LogP contribution in [0.4, 0.5) is 17.6 Å². The number of carbonyl (C=O) groups excluding carboxylic acids is 1. The van der Waals surface area contributed by atoms with Gasteiger partial charge in [-0.25, -0.2) is 26.0 Å². The first-order valence-electron chi connectivity index (χ1n) is 11.3. The fourth-order valence-electron chi connectivity index (χ4n) is 4.70. The Morgan fingerprint density at radius 1 is 1.08 bits per heavy atom. The summed E-state index contributed by atoms with van der Waals surface area (Å²) < 4.78 is 84.3. The molecule has 206 valence electrons. The van der Waals surface area contributed by atoms with Gasteiger partial charge in [0.05, 0.1) is 16.8 Å². The van der Waals surface area contributed by atoms with E-state index in [1.54, 1.807) is 7.05 Å². The molecule has 1 aromatic carbocycles. The van der Waals surface area contributed by atoms with Gasteiger partial charge in [0.15, 0.2) is 0 Å². The van der Waals surface area contributed by atoms with Crippen LogP contribution in [0.15, 0.2) is 23.4 Å². The van der Waals surface area contributed by atoms with E-state index in [9.17, 15) is 30.8 Å². The first kappa shape index (κ1) is 29.6. The Hall–Kier alpha value is -2.00. The fraction of sp³-hybridized carbons (Fsp3) is 0.571. The van der Waals surface area contributed by atoms with Gasteiger partial charge >= 0.3 is 0 Å². The van der Waals surface area contributed by atoms with Gasteiger partial charge in [-0.3, -0.25) is 14.4 Å². The summed E-state index contributed by atoms with van der Waals surface area (Å²) in [6.07, 6.45) is 0.541. The smallest absolute Gasteiger partial charge is 0.264 e. The number of alkyl halides is 2. The van der Waals surface area contributed by atoms with Crippen molar-refractivity contribution in [3.05, 3.63) is 40.6 Å². The monoisotopic (exact) mass is 588 g/mol. The summed E-state index contributed by atoms with van der Waals surface area (Å²) in [4.78, 5) is 14.5. The Bertz CT molecular complexity index is 1240. The molecule has 0 radical (unpaired) electrons. The zero-order valence-electron chi connectivity index (χ0n) is 19.8. The van der Waals surface area contributed by atoms with E-state index in [-0.39, 0.29) is 63.0 Å². The fourth-order valence-corrected chi connectivity index (χ4v) is 6.19. The molecule has 0 spiro atoms. The van der Waals surface area contributed by atoms with Crippen LogP contribution in [0.5, 0.6) is 0 Å². The highest BCUT2D eigenvalue weighted by Gasteiger charge is 2.48. The van der Waals surface area contributed by atoms with E-state index < -0.39 is 62.5 Å². The van der Waals surface area contributed by atoms with Crippen molar-refractivity contribution in [2.24, 2.45) is 7.05 Å². The van der Waals surface area contributed by atoms with Gasteiger partial charge in [0.2, 0.25) is 10.9 Å². The summed E-state index contributed by atoms with van der Waals surface area (Å²) in [5.41, 5.74) is -1.45. The molecule has 2 aliphatic rings. The van der Waals surface area contributed by atoms with Gasteiger partial charge in [0.1, 0.15) is 11.6 Å². The molecule has 4 rings (SSSR count). The van der Waals surface area contributed by atoms with Crippen molar-refractivity contribution >= 4 is 39.9 Å². The standard InChI is InChI=1S/C21H25ClF4N6O3S.ClH/c1-30-12-18(28-29-30)36(34,35)32-8-6-31(7-9-32)20(2-4-21(25,26)5-3-20)13-27-19(33)14-10-17(24)15(22)11-16(14)23;/h10-12H,2-9,13H2,1H3,(H,27,33);1H. The molecule has 37 heavy (non-hydrogen) atoms. The number of nitrogens with zero attached hydrogens (tertiary/aromatic N) is 5. The van der Waals surface area contributed by atoms with Gasteiger partial charge in [0, 0.05) is 58.2 Å². The van der Waals surface area contributed by atoms with Crippen molar-refractivity contribution in [3.8, 4) is 0 Å².